The van der Waals surface area contributed by atoms with Crippen LogP contribution < -0.4 is 5.32 Å². The zero-order chi connectivity index (χ0) is 28.3. The summed E-state index contributed by atoms with van der Waals surface area (Å²) in [4.78, 5) is 55.9. The van der Waals surface area contributed by atoms with E-state index in [-0.39, 0.29) is 13.0 Å². The van der Waals surface area contributed by atoms with Crippen LogP contribution in [0.2, 0.25) is 0 Å². The maximum Gasteiger partial charge on any atom is 0.407 e. The van der Waals surface area contributed by atoms with E-state index in [0.717, 1.165) is 21.8 Å². The molecule has 0 aromatic heterocycles. The van der Waals surface area contributed by atoms with Crippen LogP contribution in [0.5, 0.6) is 0 Å². The summed E-state index contributed by atoms with van der Waals surface area (Å²) in [6.45, 7) is 12.5. The first-order chi connectivity index (χ1) is 17.6. The summed E-state index contributed by atoms with van der Waals surface area (Å²) in [5, 5.41) is 3.57. The molecule has 204 valence electrons. The molecule has 1 heterocycles. The van der Waals surface area contributed by atoms with Gasteiger partial charge in [0.25, 0.3) is 11.8 Å². The van der Waals surface area contributed by atoms with Crippen LogP contribution in [0.15, 0.2) is 42.5 Å². The molecule has 0 radical (unpaired) electrons. The van der Waals surface area contributed by atoms with Gasteiger partial charge in [-0.05, 0) is 83.7 Å². The van der Waals surface area contributed by atoms with Gasteiger partial charge in [0.1, 0.15) is 17.8 Å². The molecule has 0 unspecified atom stereocenters. The molecule has 0 bridgehead atoms. The van der Waals surface area contributed by atoms with Crippen molar-refractivity contribution in [2.24, 2.45) is 0 Å². The minimum Gasteiger partial charge on any atom is -0.460 e. The molecular formula is C29H36N2O7. The average molecular weight is 525 g/mol. The number of benzene rings is 2. The van der Waals surface area contributed by atoms with Gasteiger partial charge in [-0.3, -0.25) is 19.2 Å². The van der Waals surface area contributed by atoms with Crippen molar-refractivity contribution >= 4 is 23.9 Å². The van der Waals surface area contributed by atoms with Gasteiger partial charge in [-0.2, -0.15) is 0 Å². The monoisotopic (exact) mass is 524 g/mol. The topological polar surface area (TPSA) is 111 Å². The number of carbonyl (C=O) groups excluding carboxylic acids is 4. The second-order valence-electron chi connectivity index (χ2n) is 11.3. The Balaban J connectivity index is 1.73. The highest BCUT2D eigenvalue weighted by atomic mass is 16.7. The number of carbonyl (C=O) groups is 4. The van der Waals surface area contributed by atoms with Crippen LogP contribution >= 0.6 is 0 Å². The molecular weight excluding hydrogens is 488 g/mol. The van der Waals surface area contributed by atoms with Gasteiger partial charge in [-0.25, -0.2) is 4.79 Å². The van der Waals surface area contributed by atoms with Crippen molar-refractivity contribution in [2.75, 3.05) is 0 Å². The molecule has 0 saturated carbocycles. The SMILES string of the molecule is Cc1ccc(CON2C(=O)c3ccccc3C2=O)cc1C[C@@H](CC(=O)OC(C)(C)C)NC(=O)OC(C)(C)C. The molecule has 1 aliphatic heterocycles. The normalized spacial score (nSPS) is 14.2. The lowest BCUT2D eigenvalue weighted by Gasteiger charge is -2.25. The first-order valence-corrected chi connectivity index (χ1v) is 12.5. The summed E-state index contributed by atoms with van der Waals surface area (Å²) in [5.74, 6) is -1.45. The fourth-order valence-electron chi connectivity index (χ4n) is 3.96. The van der Waals surface area contributed by atoms with Crippen molar-refractivity contribution < 1.29 is 33.5 Å². The van der Waals surface area contributed by atoms with E-state index in [9.17, 15) is 19.2 Å². The van der Waals surface area contributed by atoms with E-state index in [2.05, 4.69) is 5.32 Å². The van der Waals surface area contributed by atoms with Crippen molar-refractivity contribution in [1.82, 2.24) is 10.4 Å². The minimum atomic E-state index is -0.697. The van der Waals surface area contributed by atoms with E-state index in [4.69, 9.17) is 14.3 Å². The number of fused-ring (bicyclic) bond motifs is 1. The van der Waals surface area contributed by atoms with E-state index >= 15 is 0 Å². The Morgan fingerprint density at radius 3 is 2.03 bits per heavy atom. The number of alkyl carbamates (subject to hydrolysis) is 1. The largest absolute Gasteiger partial charge is 0.460 e. The lowest BCUT2D eigenvalue weighted by Crippen LogP contribution is -2.42. The van der Waals surface area contributed by atoms with Crippen molar-refractivity contribution in [3.8, 4) is 0 Å². The summed E-state index contributed by atoms with van der Waals surface area (Å²) in [6.07, 6.45) is -0.356. The molecule has 9 heteroatoms. The van der Waals surface area contributed by atoms with E-state index in [1.165, 1.54) is 0 Å². The molecule has 0 aliphatic carbocycles. The Bertz CT molecular complexity index is 1160. The highest BCUT2D eigenvalue weighted by molar-refractivity contribution is 6.20. The van der Waals surface area contributed by atoms with Gasteiger partial charge in [-0.15, -0.1) is 5.06 Å². The fourth-order valence-corrected chi connectivity index (χ4v) is 3.96. The number of imide groups is 1. The number of ether oxygens (including phenoxy) is 2. The van der Waals surface area contributed by atoms with E-state index < -0.39 is 41.1 Å². The predicted octanol–water partition coefficient (Wildman–Crippen LogP) is 4.89. The fraction of sp³-hybridized carbons (Fsp3) is 0.448. The Labute approximate surface area is 223 Å². The second-order valence-corrected chi connectivity index (χ2v) is 11.3. The Kier molecular flexibility index (Phi) is 8.61. The summed E-state index contributed by atoms with van der Waals surface area (Å²) < 4.78 is 10.9. The van der Waals surface area contributed by atoms with Crippen LogP contribution in [-0.2, 0) is 32.1 Å². The van der Waals surface area contributed by atoms with Crippen LogP contribution in [-0.4, -0.2) is 46.2 Å². The lowest BCUT2D eigenvalue weighted by molar-refractivity contribution is -0.155. The average Bonchev–Trinajstić information content (AvgIpc) is 3.01. The van der Waals surface area contributed by atoms with Gasteiger partial charge in [0.15, 0.2) is 0 Å². The van der Waals surface area contributed by atoms with Gasteiger partial charge < -0.3 is 14.8 Å². The molecule has 1 aliphatic rings. The van der Waals surface area contributed by atoms with Gasteiger partial charge in [0.2, 0.25) is 0 Å². The first-order valence-electron chi connectivity index (χ1n) is 12.5. The molecule has 0 saturated heterocycles. The maximum absolute atomic E-state index is 12.6. The predicted molar refractivity (Wildman–Crippen MR) is 140 cm³/mol. The number of rotatable bonds is 8. The third-order valence-electron chi connectivity index (χ3n) is 5.55. The van der Waals surface area contributed by atoms with Gasteiger partial charge >= 0.3 is 12.1 Å². The minimum absolute atomic E-state index is 0.0189. The number of hydroxylamine groups is 2. The molecule has 2 aromatic carbocycles. The summed E-state index contributed by atoms with van der Waals surface area (Å²) in [5.41, 5.74) is 1.77. The molecule has 3 rings (SSSR count). The van der Waals surface area contributed by atoms with Crippen LogP contribution in [0.1, 0.15) is 85.4 Å². The summed E-state index contributed by atoms with van der Waals surface area (Å²) in [6, 6.07) is 11.6. The molecule has 3 amide bonds. The number of hydrogen-bond donors (Lipinski definition) is 1. The smallest absolute Gasteiger partial charge is 0.407 e. The van der Waals surface area contributed by atoms with Gasteiger partial charge in [-0.1, -0.05) is 30.3 Å². The Hall–Kier alpha value is -3.72. The van der Waals surface area contributed by atoms with Crippen LogP contribution in [0.3, 0.4) is 0 Å². The lowest BCUT2D eigenvalue weighted by atomic mass is 9.97. The quantitative estimate of drug-likeness (QED) is 0.387. The number of hydrogen-bond acceptors (Lipinski definition) is 7. The Morgan fingerprint density at radius 2 is 1.47 bits per heavy atom. The number of aryl methyl sites for hydroxylation is 1. The van der Waals surface area contributed by atoms with E-state index in [0.29, 0.717) is 17.5 Å². The maximum atomic E-state index is 12.6. The van der Waals surface area contributed by atoms with E-state index in [1.807, 2.05) is 25.1 Å². The van der Waals surface area contributed by atoms with Crippen molar-refractivity contribution in [3.05, 3.63) is 70.3 Å². The van der Waals surface area contributed by atoms with Crippen molar-refractivity contribution in [2.45, 2.75) is 85.2 Å². The molecule has 0 spiro atoms. The van der Waals surface area contributed by atoms with Crippen LogP contribution in [0.4, 0.5) is 4.79 Å². The van der Waals surface area contributed by atoms with Crippen molar-refractivity contribution in [3.63, 3.8) is 0 Å². The number of esters is 1. The number of amides is 3. The zero-order valence-electron chi connectivity index (χ0n) is 23.0. The van der Waals surface area contributed by atoms with Crippen molar-refractivity contribution in [1.29, 1.82) is 0 Å². The van der Waals surface area contributed by atoms with Crippen LogP contribution in [0, 0.1) is 6.92 Å². The molecule has 2 aromatic rings. The summed E-state index contributed by atoms with van der Waals surface area (Å²) in [7, 11) is 0. The van der Waals surface area contributed by atoms with Crippen LogP contribution in [0.25, 0.3) is 0 Å². The standard InChI is InChI=1S/C29H36N2O7/c1-18-12-13-19(17-36-31-25(33)22-10-8-9-11-23(22)26(31)34)14-20(18)15-21(16-24(32)37-28(2,3)4)30-27(35)38-29(5,6)7/h8-14,21H,15-17H2,1-7H3,(H,30,35)/t21-/m0/s1. The first kappa shape index (κ1) is 28.8. The summed E-state index contributed by atoms with van der Waals surface area (Å²) >= 11 is 0. The molecule has 38 heavy (non-hydrogen) atoms. The number of nitrogens with one attached hydrogen (secondary N) is 1. The molecule has 0 fully saturated rings. The third-order valence-corrected chi connectivity index (χ3v) is 5.55. The van der Waals surface area contributed by atoms with Gasteiger partial charge in [0.05, 0.1) is 17.5 Å². The van der Waals surface area contributed by atoms with E-state index in [1.54, 1.807) is 65.8 Å². The number of nitrogens with zero attached hydrogens (tertiary/aromatic N) is 1. The highest BCUT2D eigenvalue weighted by Crippen LogP contribution is 2.24. The molecule has 9 nitrogen and oxygen atoms in total. The third kappa shape index (κ3) is 7.89. The highest BCUT2D eigenvalue weighted by Gasteiger charge is 2.36. The Morgan fingerprint density at radius 1 is 0.895 bits per heavy atom. The molecule has 1 N–H and O–H groups in total. The molecule has 1 atom stereocenters. The zero-order valence-corrected chi connectivity index (χ0v) is 23.0. The van der Waals surface area contributed by atoms with Gasteiger partial charge in [0, 0.05) is 6.04 Å². The second kappa shape index (κ2) is 11.3.